The SMILES string of the molecule is Fc1ccccc1-c1nnc(Cc2ccc(-c3ccccc3)cc2)o1. The van der Waals surface area contributed by atoms with Gasteiger partial charge in [-0.05, 0) is 28.8 Å². The van der Waals surface area contributed by atoms with E-state index in [9.17, 15) is 4.39 Å². The highest BCUT2D eigenvalue weighted by molar-refractivity contribution is 5.63. The van der Waals surface area contributed by atoms with Gasteiger partial charge in [-0.25, -0.2) is 4.39 Å². The molecule has 25 heavy (non-hydrogen) atoms. The van der Waals surface area contributed by atoms with Crippen LogP contribution in [0.2, 0.25) is 0 Å². The Balaban J connectivity index is 1.52. The fourth-order valence-corrected chi connectivity index (χ4v) is 2.69. The molecule has 1 aromatic heterocycles. The van der Waals surface area contributed by atoms with Gasteiger partial charge in [0.25, 0.3) is 5.89 Å². The van der Waals surface area contributed by atoms with Crippen LogP contribution < -0.4 is 0 Å². The minimum atomic E-state index is -0.370. The van der Waals surface area contributed by atoms with Crippen LogP contribution in [-0.2, 0) is 6.42 Å². The lowest BCUT2D eigenvalue weighted by atomic mass is 10.0. The molecule has 0 amide bonds. The average molecular weight is 330 g/mol. The average Bonchev–Trinajstić information content (AvgIpc) is 3.12. The molecule has 0 saturated carbocycles. The van der Waals surface area contributed by atoms with Crippen molar-refractivity contribution in [2.45, 2.75) is 6.42 Å². The van der Waals surface area contributed by atoms with E-state index in [0.717, 1.165) is 11.1 Å². The maximum absolute atomic E-state index is 13.8. The van der Waals surface area contributed by atoms with Gasteiger partial charge in [-0.3, -0.25) is 0 Å². The Morgan fingerprint density at radius 3 is 2.16 bits per heavy atom. The Kier molecular flexibility index (Phi) is 4.09. The quantitative estimate of drug-likeness (QED) is 0.520. The van der Waals surface area contributed by atoms with Crippen molar-refractivity contribution in [2.75, 3.05) is 0 Å². The van der Waals surface area contributed by atoms with Crippen LogP contribution in [0.5, 0.6) is 0 Å². The topological polar surface area (TPSA) is 38.9 Å². The van der Waals surface area contributed by atoms with E-state index in [1.165, 1.54) is 11.6 Å². The summed E-state index contributed by atoms with van der Waals surface area (Å²) in [5.74, 6) is 0.296. The molecule has 0 saturated heterocycles. The first kappa shape index (κ1) is 15.3. The van der Waals surface area contributed by atoms with E-state index in [0.29, 0.717) is 17.9 Å². The van der Waals surface area contributed by atoms with Crippen LogP contribution in [0.3, 0.4) is 0 Å². The third kappa shape index (κ3) is 3.33. The zero-order valence-electron chi connectivity index (χ0n) is 13.4. The Morgan fingerprint density at radius 2 is 1.40 bits per heavy atom. The van der Waals surface area contributed by atoms with Crippen LogP contribution >= 0.6 is 0 Å². The molecule has 0 radical (unpaired) electrons. The van der Waals surface area contributed by atoms with Crippen molar-refractivity contribution in [1.82, 2.24) is 10.2 Å². The molecular weight excluding hydrogens is 315 g/mol. The standard InChI is InChI=1S/C21H15FN2O/c22-19-9-5-4-8-18(19)21-24-23-20(25-21)14-15-10-12-17(13-11-15)16-6-2-1-3-7-16/h1-13H,14H2. The predicted molar refractivity (Wildman–Crippen MR) is 94.4 cm³/mol. The Hall–Kier alpha value is -3.27. The van der Waals surface area contributed by atoms with E-state index in [1.54, 1.807) is 18.2 Å². The van der Waals surface area contributed by atoms with Crippen LogP contribution in [0, 0.1) is 5.82 Å². The van der Waals surface area contributed by atoms with Crippen molar-refractivity contribution >= 4 is 0 Å². The summed E-state index contributed by atoms with van der Waals surface area (Å²) in [7, 11) is 0. The minimum Gasteiger partial charge on any atom is -0.420 e. The Bertz CT molecular complexity index is 978. The molecule has 3 aromatic carbocycles. The first-order valence-corrected chi connectivity index (χ1v) is 8.01. The number of hydrogen-bond acceptors (Lipinski definition) is 3. The summed E-state index contributed by atoms with van der Waals surface area (Å²) < 4.78 is 19.4. The molecule has 0 aliphatic carbocycles. The Labute approximate surface area is 144 Å². The van der Waals surface area contributed by atoms with E-state index in [4.69, 9.17) is 4.42 Å². The summed E-state index contributed by atoms with van der Waals surface area (Å²) in [4.78, 5) is 0. The van der Waals surface area contributed by atoms with Gasteiger partial charge < -0.3 is 4.42 Å². The fourth-order valence-electron chi connectivity index (χ4n) is 2.69. The predicted octanol–water partition coefficient (Wildman–Crippen LogP) is 5.13. The number of hydrogen-bond donors (Lipinski definition) is 0. The van der Waals surface area contributed by atoms with Crippen LogP contribution in [0.25, 0.3) is 22.6 Å². The summed E-state index contributed by atoms with van der Waals surface area (Å²) in [6.45, 7) is 0. The molecule has 3 nitrogen and oxygen atoms in total. The molecule has 122 valence electrons. The lowest BCUT2D eigenvalue weighted by molar-refractivity contribution is 0.513. The highest BCUT2D eigenvalue weighted by Crippen LogP contribution is 2.23. The number of halogens is 1. The largest absolute Gasteiger partial charge is 0.420 e. The zero-order valence-corrected chi connectivity index (χ0v) is 13.4. The fraction of sp³-hybridized carbons (Fsp3) is 0.0476. The first-order valence-electron chi connectivity index (χ1n) is 8.01. The summed E-state index contributed by atoms with van der Waals surface area (Å²) in [5.41, 5.74) is 3.71. The van der Waals surface area contributed by atoms with Crippen molar-refractivity contribution in [1.29, 1.82) is 0 Å². The van der Waals surface area contributed by atoms with Gasteiger partial charge in [0.2, 0.25) is 5.89 Å². The molecule has 0 spiro atoms. The molecule has 0 N–H and O–H groups in total. The van der Waals surface area contributed by atoms with Crippen molar-refractivity contribution in [2.24, 2.45) is 0 Å². The van der Waals surface area contributed by atoms with Crippen molar-refractivity contribution < 1.29 is 8.81 Å². The lowest BCUT2D eigenvalue weighted by Crippen LogP contribution is -1.88. The monoisotopic (exact) mass is 330 g/mol. The van der Waals surface area contributed by atoms with Gasteiger partial charge in [-0.1, -0.05) is 66.7 Å². The van der Waals surface area contributed by atoms with E-state index >= 15 is 0 Å². The molecule has 0 aliphatic rings. The maximum atomic E-state index is 13.8. The van der Waals surface area contributed by atoms with Crippen molar-refractivity contribution in [3.05, 3.63) is 96.1 Å². The van der Waals surface area contributed by atoms with E-state index < -0.39 is 0 Å². The van der Waals surface area contributed by atoms with Crippen molar-refractivity contribution in [3.63, 3.8) is 0 Å². The molecule has 4 heteroatoms. The van der Waals surface area contributed by atoms with Gasteiger partial charge in [0.05, 0.1) is 12.0 Å². The van der Waals surface area contributed by atoms with Gasteiger partial charge in [0.1, 0.15) is 5.82 Å². The Morgan fingerprint density at radius 1 is 0.720 bits per heavy atom. The van der Waals surface area contributed by atoms with Gasteiger partial charge >= 0.3 is 0 Å². The second-order valence-corrected chi connectivity index (χ2v) is 5.72. The second-order valence-electron chi connectivity index (χ2n) is 5.72. The van der Waals surface area contributed by atoms with E-state index in [1.807, 2.05) is 30.3 Å². The van der Waals surface area contributed by atoms with Crippen molar-refractivity contribution in [3.8, 4) is 22.6 Å². The highest BCUT2D eigenvalue weighted by Gasteiger charge is 2.12. The molecule has 0 bridgehead atoms. The van der Waals surface area contributed by atoms with Crippen LogP contribution in [0.15, 0.2) is 83.3 Å². The zero-order chi connectivity index (χ0) is 17.1. The van der Waals surface area contributed by atoms with Gasteiger partial charge in [-0.15, -0.1) is 10.2 Å². The minimum absolute atomic E-state index is 0.203. The smallest absolute Gasteiger partial charge is 0.250 e. The lowest BCUT2D eigenvalue weighted by Gasteiger charge is -2.03. The third-order valence-electron chi connectivity index (χ3n) is 3.99. The molecule has 4 rings (SSSR count). The van der Waals surface area contributed by atoms with Gasteiger partial charge in [0, 0.05) is 0 Å². The first-order chi connectivity index (χ1) is 12.3. The summed E-state index contributed by atoms with van der Waals surface area (Å²) in [6.07, 6.45) is 0.510. The highest BCUT2D eigenvalue weighted by atomic mass is 19.1. The molecule has 0 atom stereocenters. The van der Waals surface area contributed by atoms with E-state index in [2.05, 4.69) is 34.5 Å². The summed E-state index contributed by atoms with van der Waals surface area (Å²) >= 11 is 0. The van der Waals surface area contributed by atoms with Gasteiger partial charge in [-0.2, -0.15) is 0 Å². The summed E-state index contributed by atoms with van der Waals surface area (Å²) in [5, 5.41) is 7.98. The molecule has 4 aromatic rings. The molecule has 0 unspecified atom stereocenters. The van der Waals surface area contributed by atoms with E-state index in [-0.39, 0.29) is 11.7 Å². The molecule has 1 heterocycles. The summed E-state index contributed by atoms with van der Waals surface area (Å²) in [6, 6.07) is 24.8. The maximum Gasteiger partial charge on any atom is 0.250 e. The molecule has 0 fully saturated rings. The van der Waals surface area contributed by atoms with Gasteiger partial charge in [0.15, 0.2) is 0 Å². The molecular formula is C21H15FN2O. The number of rotatable bonds is 4. The normalized spacial score (nSPS) is 10.8. The third-order valence-corrected chi connectivity index (χ3v) is 3.99. The molecule has 0 aliphatic heterocycles. The number of benzene rings is 3. The second kappa shape index (κ2) is 6.69. The number of aromatic nitrogens is 2. The van der Waals surface area contributed by atoms with Crippen LogP contribution in [-0.4, -0.2) is 10.2 Å². The van der Waals surface area contributed by atoms with Crippen LogP contribution in [0.1, 0.15) is 11.5 Å². The van der Waals surface area contributed by atoms with Crippen LogP contribution in [0.4, 0.5) is 4.39 Å². The number of nitrogens with zero attached hydrogens (tertiary/aromatic N) is 2.